The van der Waals surface area contributed by atoms with Crippen molar-refractivity contribution >= 4 is 23.1 Å². The third-order valence-electron chi connectivity index (χ3n) is 2.96. The van der Waals surface area contributed by atoms with Crippen molar-refractivity contribution in [1.82, 2.24) is 0 Å². The van der Waals surface area contributed by atoms with Gasteiger partial charge in [0.05, 0.1) is 5.56 Å². The van der Waals surface area contributed by atoms with E-state index >= 15 is 0 Å². The topological polar surface area (TPSA) is 110 Å². The van der Waals surface area contributed by atoms with E-state index in [4.69, 9.17) is 5.11 Å². The first-order valence-corrected chi connectivity index (χ1v) is 6.23. The Labute approximate surface area is 126 Å². The van der Waals surface area contributed by atoms with Crippen LogP contribution in [0.4, 0.5) is 5.69 Å². The number of carbonyl (C=O) groups is 2. The molecular weight excluding hydrogens is 286 g/mol. The van der Waals surface area contributed by atoms with Crippen LogP contribution in [0, 0.1) is 0 Å². The molecule has 0 amide bonds. The van der Waals surface area contributed by atoms with Gasteiger partial charge in [-0.2, -0.15) is 0 Å². The average molecular weight is 298 g/mol. The van der Waals surface area contributed by atoms with E-state index in [1.807, 2.05) is 0 Å². The van der Waals surface area contributed by atoms with Crippen LogP contribution in [0.25, 0.3) is 5.70 Å². The summed E-state index contributed by atoms with van der Waals surface area (Å²) < 4.78 is 0. The predicted octanol–water partition coefficient (Wildman–Crippen LogP) is 1.82. The first-order valence-electron chi connectivity index (χ1n) is 6.23. The minimum absolute atomic E-state index is 0.0131. The SMILES string of the molecule is C=C(Nc1ccccc1C(=O)C(=O)O)c1ccc([O-])c(O)c1. The van der Waals surface area contributed by atoms with Gasteiger partial charge in [0.2, 0.25) is 0 Å². The number of anilines is 1. The summed E-state index contributed by atoms with van der Waals surface area (Å²) in [4.78, 5) is 22.5. The summed E-state index contributed by atoms with van der Waals surface area (Å²) in [6, 6.07) is 9.96. The normalized spacial score (nSPS) is 10.0. The maximum atomic E-state index is 11.6. The fourth-order valence-corrected chi connectivity index (χ4v) is 1.85. The van der Waals surface area contributed by atoms with Crippen LogP contribution in [0.15, 0.2) is 49.0 Å². The smallest absolute Gasteiger partial charge is 0.377 e. The van der Waals surface area contributed by atoms with Gasteiger partial charge >= 0.3 is 5.97 Å². The molecular formula is C16H12NO5-. The third-order valence-corrected chi connectivity index (χ3v) is 2.96. The largest absolute Gasteiger partial charge is 0.870 e. The van der Waals surface area contributed by atoms with E-state index in [0.29, 0.717) is 11.3 Å². The Morgan fingerprint density at radius 2 is 1.82 bits per heavy atom. The van der Waals surface area contributed by atoms with E-state index in [1.54, 1.807) is 12.1 Å². The molecule has 0 aromatic heterocycles. The minimum Gasteiger partial charge on any atom is -0.870 e. The zero-order valence-electron chi connectivity index (χ0n) is 11.4. The lowest BCUT2D eigenvalue weighted by Gasteiger charge is -2.15. The standard InChI is InChI=1S/C16H13NO5/c1-9(10-6-7-13(18)14(19)8-10)17-12-5-3-2-4-11(12)15(20)16(21)22/h2-8,17-19H,1H2,(H,21,22)/p-1. The molecule has 2 aromatic carbocycles. The van der Waals surface area contributed by atoms with Gasteiger partial charge in [-0.25, -0.2) is 4.79 Å². The highest BCUT2D eigenvalue weighted by molar-refractivity contribution is 6.41. The number of benzene rings is 2. The second-order valence-electron chi connectivity index (χ2n) is 4.47. The van der Waals surface area contributed by atoms with Crippen LogP contribution in [-0.2, 0) is 4.79 Å². The van der Waals surface area contributed by atoms with Crippen LogP contribution in [0.1, 0.15) is 15.9 Å². The molecule has 6 heteroatoms. The number of phenols is 1. The van der Waals surface area contributed by atoms with Gasteiger partial charge in [0.1, 0.15) is 5.75 Å². The van der Waals surface area contributed by atoms with Crippen molar-refractivity contribution in [3.8, 4) is 11.5 Å². The molecule has 3 N–H and O–H groups in total. The number of carbonyl (C=O) groups excluding carboxylic acids is 1. The van der Waals surface area contributed by atoms with Crippen molar-refractivity contribution in [3.63, 3.8) is 0 Å². The molecule has 0 bridgehead atoms. The van der Waals surface area contributed by atoms with Gasteiger partial charge in [-0.3, -0.25) is 4.79 Å². The number of para-hydroxylation sites is 1. The lowest BCUT2D eigenvalue weighted by Crippen LogP contribution is -2.15. The molecule has 6 nitrogen and oxygen atoms in total. The number of carboxylic acids is 1. The average Bonchev–Trinajstić information content (AvgIpc) is 2.49. The number of aliphatic carboxylic acids is 1. The van der Waals surface area contributed by atoms with Crippen LogP contribution in [0.5, 0.6) is 11.5 Å². The van der Waals surface area contributed by atoms with Gasteiger partial charge in [0, 0.05) is 16.9 Å². The molecule has 0 unspecified atom stereocenters. The van der Waals surface area contributed by atoms with E-state index in [2.05, 4.69) is 11.9 Å². The summed E-state index contributed by atoms with van der Waals surface area (Å²) in [5.74, 6) is -3.55. The zero-order valence-corrected chi connectivity index (χ0v) is 11.4. The monoisotopic (exact) mass is 298 g/mol. The summed E-state index contributed by atoms with van der Waals surface area (Å²) in [5, 5.41) is 32.2. The Bertz CT molecular complexity index is 767. The number of aromatic hydroxyl groups is 1. The highest BCUT2D eigenvalue weighted by atomic mass is 16.4. The van der Waals surface area contributed by atoms with Crippen molar-refractivity contribution < 1.29 is 24.9 Å². The van der Waals surface area contributed by atoms with Crippen LogP contribution in [0.2, 0.25) is 0 Å². The first kappa shape index (κ1) is 15.1. The number of ketones is 1. The third kappa shape index (κ3) is 3.06. The van der Waals surface area contributed by atoms with Crippen molar-refractivity contribution in [2.24, 2.45) is 0 Å². The Morgan fingerprint density at radius 1 is 1.14 bits per heavy atom. The van der Waals surface area contributed by atoms with Crippen molar-refractivity contribution in [1.29, 1.82) is 0 Å². The number of nitrogens with one attached hydrogen (secondary N) is 1. The molecule has 0 aliphatic heterocycles. The number of hydrogen-bond donors (Lipinski definition) is 3. The van der Waals surface area contributed by atoms with Gasteiger partial charge < -0.3 is 20.6 Å². The number of Topliss-reactive ketones (excluding diaryl/α,β-unsaturated/α-hetero) is 1. The predicted molar refractivity (Wildman–Crippen MR) is 78.6 cm³/mol. The first-order chi connectivity index (χ1) is 10.4. The Balaban J connectivity index is 2.31. The summed E-state index contributed by atoms with van der Waals surface area (Å²) >= 11 is 0. The van der Waals surface area contributed by atoms with E-state index in [-0.39, 0.29) is 11.3 Å². The molecule has 0 atom stereocenters. The Morgan fingerprint density at radius 3 is 2.45 bits per heavy atom. The number of phenolic OH excluding ortho intramolecular Hbond substituents is 1. The fraction of sp³-hybridized carbons (Fsp3) is 0. The van der Waals surface area contributed by atoms with Gasteiger partial charge in [-0.05, 0) is 18.2 Å². The van der Waals surface area contributed by atoms with E-state index < -0.39 is 23.3 Å². The van der Waals surface area contributed by atoms with Crippen LogP contribution < -0.4 is 10.4 Å². The maximum Gasteiger partial charge on any atom is 0.377 e. The zero-order chi connectivity index (χ0) is 16.3. The maximum absolute atomic E-state index is 11.6. The Kier molecular flexibility index (Phi) is 4.13. The lowest BCUT2D eigenvalue weighted by molar-refractivity contribution is -0.270. The molecule has 2 rings (SSSR count). The minimum atomic E-state index is -1.56. The quantitative estimate of drug-likeness (QED) is 0.573. The second kappa shape index (κ2) is 6.01. The van der Waals surface area contributed by atoms with E-state index in [9.17, 15) is 19.8 Å². The van der Waals surface area contributed by atoms with Crippen molar-refractivity contribution in [2.45, 2.75) is 0 Å². The van der Waals surface area contributed by atoms with E-state index in [1.165, 1.54) is 30.3 Å². The summed E-state index contributed by atoms with van der Waals surface area (Å²) in [6.45, 7) is 3.75. The van der Waals surface area contributed by atoms with Crippen LogP contribution >= 0.6 is 0 Å². The van der Waals surface area contributed by atoms with Gasteiger partial charge in [-0.15, -0.1) is 0 Å². The van der Waals surface area contributed by atoms with Gasteiger partial charge in [-0.1, -0.05) is 36.6 Å². The molecule has 0 fully saturated rings. The molecule has 0 aliphatic rings. The van der Waals surface area contributed by atoms with E-state index in [0.717, 1.165) is 0 Å². The number of carboxylic acid groups (broad SMARTS) is 1. The van der Waals surface area contributed by atoms with Gasteiger partial charge in [0.15, 0.2) is 0 Å². The van der Waals surface area contributed by atoms with Crippen LogP contribution in [0.3, 0.4) is 0 Å². The molecule has 0 spiro atoms. The molecule has 0 heterocycles. The fourth-order valence-electron chi connectivity index (χ4n) is 1.85. The Hall–Kier alpha value is -3.28. The second-order valence-corrected chi connectivity index (χ2v) is 4.47. The highest BCUT2D eigenvalue weighted by Gasteiger charge is 2.18. The molecule has 2 aromatic rings. The molecule has 0 aliphatic carbocycles. The van der Waals surface area contributed by atoms with Crippen molar-refractivity contribution in [3.05, 3.63) is 60.2 Å². The summed E-state index contributed by atoms with van der Waals surface area (Å²) in [6.07, 6.45) is 0. The molecule has 22 heavy (non-hydrogen) atoms. The molecule has 0 saturated heterocycles. The lowest BCUT2D eigenvalue weighted by atomic mass is 10.1. The molecule has 0 saturated carbocycles. The number of rotatable bonds is 5. The molecule has 112 valence electrons. The number of hydrogen-bond acceptors (Lipinski definition) is 5. The highest BCUT2D eigenvalue weighted by Crippen LogP contribution is 2.27. The van der Waals surface area contributed by atoms with Crippen molar-refractivity contribution in [2.75, 3.05) is 5.32 Å². The van der Waals surface area contributed by atoms with Gasteiger partial charge in [0.25, 0.3) is 5.78 Å². The summed E-state index contributed by atoms with van der Waals surface area (Å²) in [5.41, 5.74) is 1.00. The summed E-state index contributed by atoms with van der Waals surface area (Å²) in [7, 11) is 0. The molecule has 0 radical (unpaired) electrons. The van der Waals surface area contributed by atoms with Crippen LogP contribution in [-0.4, -0.2) is 22.0 Å².